The van der Waals surface area contributed by atoms with Gasteiger partial charge in [-0.05, 0) is 129 Å². The van der Waals surface area contributed by atoms with Crippen LogP contribution in [0.5, 0.6) is 0 Å². The third-order valence-corrected chi connectivity index (χ3v) is 13.3. The van der Waals surface area contributed by atoms with Crippen molar-refractivity contribution in [3.05, 3.63) is 173 Å². The summed E-state index contributed by atoms with van der Waals surface area (Å²) >= 11 is 0. The van der Waals surface area contributed by atoms with Gasteiger partial charge in [-0.15, -0.1) is 0 Å². The van der Waals surface area contributed by atoms with E-state index in [4.69, 9.17) is 4.42 Å². The lowest BCUT2D eigenvalue weighted by Gasteiger charge is -2.31. The van der Waals surface area contributed by atoms with E-state index in [9.17, 15) is 0 Å². The maximum absolute atomic E-state index is 6.58. The molecule has 2 nitrogen and oxygen atoms in total. The van der Waals surface area contributed by atoms with E-state index in [2.05, 4.69) is 172 Å². The molecule has 0 atom stereocenters. The Kier molecular flexibility index (Phi) is 7.00. The van der Waals surface area contributed by atoms with Crippen molar-refractivity contribution in [2.24, 2.45) is 0 Å². The summed E-state index contributed by atoms with van der Waals surface area (Å²) in [4.78, 5) is 2.52. The number of fused-ring (bicyclic) bond motifs is 10. The first-order valence-electron chi connectivity index (χ1n) is 20.1. The highest BCUT2D eigenvalue weighted by molar-refractivity contribution is 6.06. The fourth-order valence-electron chi connectivity index (χ4n) is 10.3. The Morgan fingerprint density at radius 3 is 1.85 bits per heavy atom. The van der Waals surface area contributed by atoms with E-state index in [0.717, 1.165) is 39.7 Å². The number of aryl methyl sites for hydroxylation is 2. The summed E-state index contributed by atoms with van der Waals surface area (Å²) in [6, 6.07) is 52.7. The smallest absolute Gasteiger partial charge is 0.137 e. The summed E-state index contributed by atoms with van der Waals surface area (Å²) < 4.78 is 6.58. The van der Waals surface area contributed by atoms with Crippen molar-refractivity contribution in [1.82, 2.24) is 0 Å². The summed E-state index contributed by atoms with van der Waals surface area (Å²) in [6.45, 7) is 9.54. The number of rotatable bonds is 4. The van der Waals surface area contributed by atoms with E-state index >= 15 is 0 Å². The molecule has 0 N–H and O–H groups in total. The lowest BCUT2D eigenvalue weighted by molar-refractivity contribution is 0.660. The molecule has 0 saturated heterocycles. The topological polar surface area (TPSA) is 16.4 Å². The zero-order valence-corrected chi connectivity index (χ0v) is 32.2. The number of para-hydroxylation sites is 1. The lowest BCUT2D eigenvalue weighted by atomic mass is 9.81. The van der Waals surface area contributed by atoms with Crippen LogP contribution in [0.1, 0.15) is 80.3 Å². The van der Waals surface area contributed by atoms with Crippen LogP contribution in [0.3, 0.4) is 0 Å². The van der Waals surface area contributed by atoms with Gasteiger partial charge in [-0.1, -0.05) is 125 Å². The molecule has 8 aromatic rings. The van der Waals surface area contributed by atoms with Crippen LogP contribution in [0.2, 0.25) is 0 Å². The molecule has 3 aliphatic carbocycles. The molecule has 0 saturated carbocycles. The third kappa shape index (κ3) is 4.80. The van der Waals surface area contributed by atoms with Crippen LogP contribution < -0.4 is 4.90 Å². The normalized spacial score (nSPS) is 15.9. The molecule has 0 bridgehead atoms. The monoisotopic (exact) mass is 711 g/mol. The van der Waals surface area contributed by atoms with E-state index in [1.54, 1.807) is 0 Å². The predicted molar refractivity (Wildman–Crippen MR) is 230 cm³/mol. The number of benzene rings is 7. The van der Waals surface area contributed by atoms with Crippen LogP contribution >= 0.6 is 0 Å². The Balaban J connectivity index is 1.20. The van der Waals surface area contributed by atoms with Gasteiger partial charge in [0.2, 0.25) is 0 Å². The largest absolute Gasteiger partial charge is 0.456 e. The predicted octanol–water partition coefficient (Wildman–Crippen LogP) is 14.6. The van der Waals surface area contributed by atoms with E-state index in [-0.39, 0.29) is 10.8 Å². The molecular formula is C53H45NO. The number of hydrogen-bond acceptors (Lipinski definition) is 2. The van der Waals surface area contributed by atoms with Gasteiger partial charge in [0.15, 0.2) is 0 Å². The quantitative estimate of drug-likeness (QED) is 0.169. The first-order chi connectivity index (χ1) is 26.8. The summed E-state index contributed by atoms with van der Waals surface area (Å²) in [6.07, 6.45) is 6.15. The Hall–Kier alpha value is -5.86. The SMILES string of the molecule is CC1(C)c2ccccc2-c2ccc(N(c3ccc4c(c3)oc3ccccc34)c3cc4c(cc3-c3ccc5c(c3)CCCCC5)-c3ccccc3C4(C)C)cc21. The van der Waals surface area contributed by atoms with Gasteiger partial charge in [0, 0.05) is 44.6 Å². The van der Waals surface area contributed by atoms with Crippen LogP contribution in [-0.2, 0) is 23.7 Å². The average Bonchev–Trinajstić information content (AvgIpc) is 3.66. The highest BCUT2D eigenvalue weighted by Gasteiger charge is 2.39. The van der Waals surface area contributed by atoms with Crippen LogP contribution in [0.4, 0.5) is 17.1 Å². The van der Waals surface area contributed by atoms with Crippen LogP contribution in [0.25, 0.3) is 55.3 Å². The summed E-state index contributed by atoms with van der Waals surface area (Å²) in [5, 5.41) is 2.29. The molecule has 7 aromatic carbocycles. The van der Waals surface area contributed by atoms with E-state index < -0.39 is 0 Å². The minimum atomic E-state index is -0.150. The van der Waals surface area contributed by atoms with Crippen LogP contribution in [-0.4, -0.2) is 0 Å². The van der Waals surface area contributed by atoms with Gasteiger partial charge in [0.1, 0.15) is 11.2 Å². The third-order valence-electron chi connectivity index (χ3n) is 13.3. The molecule has 11 rings (SSSR count). The number of anilines is 3. The fraction of sp³-hybridized carbons (Fsp3) is 0.208. The maximum atomic E-state index is 6.58. The minimum Gasteiger partial charge on any atom is -0.456 e. The first-order valence-corrected chi connectivity index (χ1v) is 20.1. The standard InChI is InChI=1S/C53H45NO/c1-52(2)45-19-11-8-16-38(45)40-26-24-36(29-47(40)52)54(37-25-27-42-41-18-10-13-21-50(41)55-51(42)30-37)49-32-48-44(39-17-9-12-20-46(39)53(48,3)4)31-43(49)35-23-22-33-14-6-5-7-15-34(33)28-35/h8-13,16-32H,5-7,14-15H2,1-4H3. The first kappa shape index (κ1) is 32.6. The second-order valence-corrected chi connectivity index (χ2v) is 17.1. The maximum Gasteiger partial charge on any atom is 0.137 e. The van der Waals surface area contributed by atoms with Crippen molar-refractivity contribution >= 4 is 39.0 Å². The molecule has 2 heteroatoms. The zero-order valence-electron chi connectivity index (χ0n) is 32.2. The van der Waals surface area contributed by atoms with E-state index in [1.807, 2.05) is 0 Å². The van der Waals surface area contributed by atoms with Gasteiger partial charge >= 0.3 is 0 Å². The fourth-order valence-corrected chi connectivity index (χ4v) is 10.3. The highest BCUT2D eigenvalue weighted by atomic mass is 16.3. The molecule has 1 aromatic heterocycles. The van der Waals surface area contributed by atoms with Gasteiger partial charge in [-0.25, -0.2) is 0 Å². The van der Waals surface area contributed by atoms with Crippen molar-refractivity contribution in [2.45, 2.75) is 70.6 Å². The van der Waals surface area contributed by atoms with E-state index in [1.165, 1.54) is 98.1 Å². The number of nitrogens with zero attached hydrogens (tertiary/aromatic N) is 1. The lowest BCUT2D eigenvalue weighted by Crippen LogP contribution is -2.18. The zero-order chi connectivity index (χ0) is 37.1. The van der Waals surface area contributed by atoms with Gasteiger partial charge in [-0.2, -0.15) is 0 Å². The molecule has 3 aliphatic rings. The van der Waals surface area contributed by atoms with Crippen LogP contribution in [0, 0.1) is 0 Å². The van der Waals surface area contributed by atoms with Gasteiger partial charge in [-0.3, -0.25) is 0 Å². The van der Waals surface area contributed by atoms with Gasteiger partial charge in [0.05, 0.1) is 5.69 Å². The molecule has 0 amide bonds. The summed E-state index contributed by atoms with van der Waals surface area (Å²) in [7, 11) is 0. The molecule has 0 unspecified atom stereocenters. The van der Waals surface area contributed by atoms with E-state index in [0.29, 0.717) is 0 Å². The summed E-state index contributed by atoms with van der Waals surface area (Å²) in [5.41, 5.74) is 21.4. The average molecular weight is 712 g/mol. The Morgan fingerprint density at radius 1 is 0.436 bits per heavy atom. The Morgan fingerprint density at radius 2 is 1.05 bits per heavy atom. The minimum absolute atomic E-state index is 0.127. The second-order valence-electron chi connectivity index (χ2n) is 17.1. The van der Waals surface area contributed by atoms with Crippen molar-refractivity contribution < 1.29 is 4.42 Å². The molecule has 0 aliphatic heterocycles. The highest BCUT2D eigenvalue weighted by Crippen LogP contribution is 2.55. The molecule has 1 heterocycles. The number of hydrogen-bond donors (Lipinski definition) is 0. The molecular weight excluding hydrogens is 667 g/mol. The van der Waals surface area contributed by atoms with Crippen molar-refractivity contribution in [3.8, 4) is 33.4 Å². The molecule has 268 valence electrons. The molecule has 0 radical (unpaired) electrons. The second kappa shape index (κ2) is 11.8. The van der Waals surface area contributed by atoms with Crippen molar-refractivity contribution in [2.75, 3.05) is 4.90 Å². The van der Waals surface area contributed by atoms with Crippen molar-refractivity contribution in [1.29, 1.82) is 0 Å². The summed E-state index contributed by atoms with van der Waals surface area (Å²) in [5.74, 6) is 0. The van der Waals surface area contributed by atoms with Gasteiger partial charge in [0.25, 0.3) is 0 Å². The molecule has 0 fully saturated rings. The van der Waals surface area contributed by atoms with Crippen LogP contribution in [0.15, 0.2) is 144 Å². The Bertz CT molecular complexity index is 2870. The number of furan rings is 1. The Labute approximate surface area is 324 Å². The molecule has 0 spiro atoms. The molecule has 55 heavy (non-hydrogen) atoms. The van der Waals surface area contributed by atoms with Gasteiger partial charge < -0.3 is 9.32 Å². The van der Waals surface area contributed by atoms with Crippen molar-refractivity contribution in [3.63, 3.8) is 0 Å².